The predicted octanol–water partition coefficient (Wildman–Crippen LogP) is 3.41. The standard InChI is InChI=1S/C19H19N3O3/c1-19(2,18(23)24)14-5-3-4-13(10-14)12-25-15-6-7-16(20-11-15)17-8-9-21-22-17/h3-11H,12H2,1-2H3,(H,21,22)(H,23,24). The molecule has 6 heteroatoms. The van der Waals surface area contributed by atoms with Gasteiger partial charge in [-0.3, -0.25) is 14.9 Å². The van der Waals surface area contributed by atoms with Crippen molar-refractivity contribution in [2.24, 2.45) is 0 Å². The smallest absolute Gasteiger partial charge is 0.313 e. The van der Waals surface area contributed by atoms with E-state index in [0.717, 1.165) is 22.5 Å². The maximum atomic E-state index is 11.4. The van der Waals surface area contributed by atoms with Crippen LogP contribution < -0.4 is 4.74 Å². The first kappa shape index (κ1) is 16.7. The van der Waals surface area contributed by atoms with Gasteiger partial charge in [-0.05, 0) is 43.2 Å². The Labute approximate surface area is 145 Å². The van der Waals surface area contributed by atoms with Crippen LogP contribution in [0.1, 0.15) is 25.0 Å². The number of ether oxygens (including phenoxy) is 1. The van der Waals surface area contributed by atoms with Gasteiger partial charge in [0.25, 0.3) is 0 Å². The van der Waals surface area contributed by atoms with Crippen LogP contribution in [0.5, 0.6) is 5.75 Å². The number of rotatable bonds is 6. The molecular formula is C19H19N3O3. The fourth-order valence-electron chi connectivity index (χ4n) is 2.36. The van der Waals surface area contributed by atoms with E-state index < -0.39 is 11.4 Å². The molecule has 2 aromatic heterocycles. The lowest BCUT2D eigenvalue weighted by Gasteiger charge is -2.20. The number of nitrogens with zero attached hydrogens (tertiary/aromatic N) is 2. The van der Waals surface area contributed by atoms with Crippen molar-refractivity contribution in [2.75, 3.05) is 0 Å². The van der Waals surface area contributed by atoms with Crippen LogP contribution in [0.25, 0.3) is 11.4 Å². The zero-order valence-electron chi connectivity index (χ0n) is 14.1. The third kappa shape index (κ3) is 3.68. The molecule has 128 valence electrons. The number of carbonyl (C=O) groups is 1. The number of aliphatic carboxylic acids is 1. The number of nitrogens with one attached hydrogen (secondary N) is 1. The maximum absolute atomic E-state index is 11.4. The number of pyridine rings is 1. The molecule has 1 aromatic carbocycles. The topological polar surface area (TPSA) is 88.1 Å². The molecule has 0 aliphatic rings. The van der Waals surface area contributed by atoms with Crippen LogP contribution >= 0.6 is 0 Å². The van der Waals surface area contributed by atoms with Crippen LogP contribution in [0.15, 0.2) is 54.9 Å². The van der Waals surface area contributed by atoms with Crippen molar-refractivity contribution in [3.63, 3.8) is 0 Å². The maximum Gasteiger partial charge on any atom is 0.313 e. The third-order valence-corrected chi connectivity index (χ3v) is 4.10. The van der Waals surface area contributed by atoms with Crippen molar-refractivity contribution in [3.8, 4) is 17.1 Å². The Morgan fingerprint density at radius 2 is 2.08 bits per heavy atom. The van der Waals surface area contributed by atoms with Gasteiger partial charge in [0.15, 0.2) is 0 Å². The van der Waals surface area contributed by atoms with Gasteiger partial charge in [0.1, 0.15) is 12.4 Å². The molecule has 0 saturated heterocycles. The predicted molar refractivity (Wildman–Crippen MR) is 93.3 cm³/mol. The Morgan fingerprint density at radius 1 is 1.24 bits per heavy atom. The van der Waals surface area contributed by atoms with Gasteiger partial charge < -0.3 is 9.84 Å². The lowest BCUT2D eigenvalue weighted by molar-refractivity contribution is -0.142. The zero-order valence-corrected chi connectivity index (χ0v) is 14.1. The van der Waals surface area contributed by atoms with Crippen molar-refractivity contribution in [2.45, 2.75) is 25.9 Å². The summed E-state index contributed by atoms with van der Waals surface area (Å²) >= 11 is 0. The van der Waals surface area contributed by atoms with E-state index in [1.54, 1.807) is 26.2 Å². The van der Waals surface area contributed by atoms with Crippen LogP contribution in [-0.4, -0.2) is 26.3 Å². The van der Waals surface area contributed by atoms with E-state index in [0.29, 0.717) is 12.4 Å². The highest BCUT2D eigenvalue weighted by Gasteiger charge is 2.29. The number of H-pyrrole nitrogens is 1. The van der Waals surface area contributed by atoms with Gasteiger partial charge in [-0.2, -0.15) is 5.10 Å². The largest absolute Gasteiger partial charge is 0.487 e. The zero-order chi connectivity index (χ0) is 17.9. The summed E-state index contributed by atoms with van der Waals surface area (Å²) in [7, 11) is 0. The number of hydrogen-bond acceptors (Lipinski definition) is 4. The summed E-state index contributed by atoms with van der Waals surface area (Å²) < 4.78 is 5.76. The molecular weight excluding hydrogens is 318 g/mol. The summed E-state index contributed by atoms with van der Waals surface area (Å²) in [6, 6.07) is 13.0. The molecule has 0 aliphatic heterocycles. The number of carboxylic acid groups (broad SMARTS) is 1. The Morgan fingerprint density at radius 3 is 2.72 bits per heavy atom. The molecule has 0 saturated carbocycles. The lowest BCUT2D eigenvalue weighted by Crippen LogP contribution is -2.28. The summed E-state index contributed by atoms with van der Waals surface area (Å²) in [5.74, 6) is -0.213. The summed E-state index contributed by atoms with van der Waals surface area (Å²) in [4.78, 5) is 15.7. The average molecular weight is 337 g/mol. The second-order valence-electron chi connectivity index (χ2n) is 6.27. The molecule has 25 heavy (non-hydrogen) atoms. The van der Waals surface area contributed by atoms with Crippen LogP contribution in [0, 0.1) is 0 Å². The van der Waals surface area contributed by atoms with Crippen LogP contribution in [0.3, 0.4) is 0 Å². The SMILES string of the molecule is CC(C)(C(=O)O)c1cccc(COc2ccc(-c3ccn[nH]3)nc2)c1. The Bertz CT molecular complexity index is 856. The van der Waals surface area contributed by atoms with E-state index in [2.05, 4.69) is 15.2 Å². The van der Waals surface area contributed by atoms with E-state index >= 15 is 0 Å². The van der Waals surface area contributed by atoms with Crippen molar-refractivity contribution >= 4 is 5.97 Å². The second-order valence-corrected chi connectivity index (χ2v) is 6.27. The first-order valence-electron chi connectivity index (χ1n) is 7.88. The van der Waals surface area contributed by atoms with Crippen molar-refractivity contribution in [1.82, 2.24) is 15.2 Å². The number of aromatic amines is 1. The summed E-state index contributed by atoms with van der Waals surface area (Å²) in [5, 5.41) is 16.1. The van der Waals surface area contributed by atoms with Crippen LogP contribution in [0.2, 0.25) is 0 Å². The van der Waals surface area contributed by atoms with Crippen molar-refractivity contribution in [1.29, 1.82) is 0 Å². The molecule has 0 fully saturated rings. The number of benzene rings is 1. The minimum atomic E-state index is -0.941. The van der Waals surface area contributed by atoms with Gasteiger partial charge in [0.05, 0.1) is 23.0 Å². The first-order chi connectivity index (χ1) is 12.0. The quantitative estimate of drug-likeness (QED) is 0.719. The van der Waals surface area contributed by atoms with Crippen molar-refractivity contribution in [3.05, 3.63) is 66.0 Å². The average Bonchev–Trinajstić information content (AvgIpc) is 3.15. The molecule has 3 aromatic rings. The van der Waals surface area contributed by atoms with Gasteiger partial charge in [-0.1, -0.05) is 24.3 Å². The minimum Gasteiger partial charge on any atom is -0.487 e. The van der Waals surface area contributed by atoms with Gasteiger partial charge in [-0.15, -0.1) is 0 Å². The van der Waals surface area contributed by atoms with E-state index in [4.69, 9.17) is 4.74 Å². The highest BCUT2D eigenvalue weighted by Crippen LogP contribution is 2.25. The highest BCUT2D eigenvalue weighted by molar-refractivity contribution is 5.80. The van der Waals surface area contributed by atoms with Gasteiger partial charge in [-0.25, -0.2) is 0 Å². The number of aromatic nitrogens is 3. The normalized spacial score (nSPS) is 11.3. The third-order valence-electron chi connectivity index (χ3n) is 4.10. The van der Waals surface area contributed by atoms with E-state index in [-0.39, 0.29) is 0 Å². The molecule has 6 nitrogen and oxygen atoms in total. The van der Waals surface area contributed by atoms with Gasteiger partial charge >= 0.3 is 5.97 Å². The second kappa shape index (κ2) is 6.76. The molecule has 0 amide bonds. The fourth-order valence-corrected chi connectivity index (χ4v) is 2.36. The Hall–Kier alpha value is -3.15. The first-order valence-corrected chi connectivity index (χ1v) is 7.88. The summed E-state index contributed by atoms with van der Waals surface area (Å²) in [6.07, 6.45) is 3.33. The molecule has 0 atom stereocenters. The number of carboxylic acids is 1. The molecule has 0 spiro atoms. The number of hydrogen-bond donors (Lipinski definition) is 2. The van der Waals surface area contributed by atoms with E-state index in [1.807, 2.05) is 42.5 Å². The van der Waals surface area contributed by atoms with Crippen LogP contribution in [0.4, 0.5) is 0 Å². The molecule has 2 heterocycles. The Balaban J connectivity index is 1.69. The minimum absolute atomic E-state index is 0.342. The molecule has 2 N–H and O–H groups in total. The highest BCUT2D eigenvalue weighted by atomic mass is 16.5. The van der Waals surface area contributed by atoms with Gasteiger partial charge in [0.2, 0.25) is 0 Å². The molecule has 3 rings (SSSR count). The fraction of sp³-hybridized carbons (Fsp3) is 0.211. The molecule has 0 unspecified atom stereocenters. The van der Waals surface area contributed by atoms with Gasteiger partial charge in [0, 0.05) is 6.20 Å². The van der Waals surface area contributed by atoms with Crippen molar-refractivity contribution < 1.29 is 14.6 Å². The monoisotopic (exact) mass is 337 g/mol. The molecule has 0 radical (unpaired) electrons. The van der Waals surface area contributed by atoms with Crippen LogP contribution in [-0.2, 0) is 16.8 Å². The summed E-state index contributed by atoms with van der Waals surface area (Å²) in [6.45, 7) is 3.72. The van der Waals surface area contributed by atoms with E-state index in [9.17, 15) is 9.90 Å². The Kier molecular flexibility index (Phi) is 4.52. The van der Waals surface area contributed by atoms with E-state index in [1.165, 1.54) is 0 Å². The molecule has 0 aliphatic carbocycles. The lowest BCUT2D eigenvalue weighted by atomic mass is 9.84. The summed E-state index contributed by atoms with van der Waals surface area (Å²) in [5.41, 5.74) is 2.34. The molecule has 0 bridgehead atoms.